The number of oxime groups is 1. The van der Waals surface area contributed by atoms with Gasteiger partial charge in [0, 0.05) is 0 Å². The zero-order valence-corrected chi connectivity index (χ0v) is 7.48. The SMILES string of the molecule is CC1=NO[C@]2(C)C[S+]([O-])CC12. The molecular weight excluding hydrogens is 162 g/mol. The Balaban J connectivity index is 2.24. The van der Waals surface area contributed by atoms with E-state index in [1.807, 2.05) is 13.8 Å². The van der Waals surface area contributed by atoms with Crippen LogP contribution >= 0.6 is 0 Å². The lowest BCUT2D eigenvalue weighted by molar-refractivity contribution is -0.000829. The summed E-state index contributed by atoms with van der Waals surface area (Å²) in [4.78, 5) is 5.24. The van der Waals surface area contributed by atoms with Crippen molar-refractivity contribution in [2.24, 2.45) is 11.1 Å². The highest BCUT2D eigenvalue weighted by molar-refractivity contribution is 7.91. The van der Waals surface area contributed by atoms with Gasteiger partial charge >= 0.3 is 0 Å². The van der Waals surface area contributed by atoms with E-state index in [1.165, 1.54) is 0 Å². The highest BCUT2D eigenvalue weighted by Crippen LogP contribution is 2.38. The molecule has 0 amide bonds. The summed E-state index contributed by atoms with van der Waals surface area (Å²) in [6.07, 6.45) is 0. The Hall–Kier alpha value is -0.220. The van der Waals surface area contributed by atoms with Crippen LogP contribution in [0.15, 0.2) is 5.16 Å². The van der Waals surface area contributed by atoms with Crippen molar-refractivity contribution in [1.82, 2.24) is 0 Å². The zero-order chi connectivity index (χ0) is 8.06. The Bertz CT molecular complexity index is 218. The molecule has 0 spiro atoms. The summed E-state index contributed by atoms with van der Waals surface area (Å²) < 4.78 is 11.2. The lowest BCUT2D eigenvalue weighted by Crippen LogP contribution is -2.33. The van der Waals surface area contributed by atoms with Crippen LogP contribution in [0.2, 0.25) is 0 Å². The minimum absolute atomic E-state index is 0.255. The van der Waals surface area contributed by atoms with Crippen molar-refractivity contribution in [3.8, 4) is 0 Å². The van der Waals surface area contributed by atoms with Crippen molar-refractivity contribution in [3.63, 3.8) is 0 Å². The van der Waals surface area contributed by atoms with Gasteiger partial charge in [0.25, 0.3) is 0 Å². The quantitative estimate of drug-likeness (QED) is 0.501. The highest BCUT2D eigenvalue weighted by atomic mass is 32.2. The average molecular weight is 173 g/mol. The van der Waals surface area contributed by atoms with Crippen molar-refractivity contribution in [3.05, 3.63) is 0 Å². The van der Waals surface area contributed by atoms with Crippen molar-refractivity contribution in [2.45, 2.75) is 19.4 Å². The summed E-state index contributed by atoms with van der Waals surface area (Å²) >= 11 is -0.698. The summed E-state index contributed by atoms with van der Waals surface area (Å²) in [5.41, 5.74) is 0.743. The molecule has 2 rings (SSSR count). The van der Waals surface area contributed by atoms with Crippen LogP contribution in [0, 0.1) is 5.92 Å². The van der Waals surface area contributed by atoms with E-state index in [9.17, 15) is 4.55 Å². The maximum Gasteiger partial charge on any atom is 0.191 e. The van der Waals surface area contributed by atoms with E-state index in [2.05, 4.69) is 5.16 Å². The molecule has 3 nitrogen and oxygen atoms in total. The predicted molar refractivity (Wildman–Crippen MR) is 44.0 cm³/mol. The molecule has 0 saturated carbocycles. The van der Waals surface area contributed by atoms with Crippen LogP contribution in [0.5, 0.6) is 0 Å². The normalized spacial score (nSPS) is 48.5. The fourth-order valence-electron chi connectivity index (χ4n) is 1.73. The van der Waals surface area contributed by atoms with Crippen LogP contribution in [0.1, 0.15) is 13.8 Å². The number of fused-ring (bicyclic) bond motifs is 1. The number of hydrogen-bond acceptors (Lipinski definition) is 3. The first-order valence-corrected chi connectivity index (χ1v) is 5.18. The van der Waals surface area contributed by atoms with E-state index in [1.54, 1.807) is 0 Å². The van der Waals surface area contributed by atoms with Gasteiger partial charge in [-0.05, 0) is 25.0 Å². The van der Waals surface area contributed by atoms with Crippen LogP contribution in [0.3, 0.4) is 0 Å². The minimum Gasteiger partial charge on any atom is -0.616 e. The third-order valence-electron chi connectivity index (χ3n) is 2.44. The van der Waals surface area contributed by atoms with E-state index >= 15 is 0 Å². The minimum atomic E-state index is -0.698. The van der Waals surface area contributed by atoms with Crippen molar-refractivity contribution < 1.29 is 9.39 Å². The fraction of sp³-hybridized carbons (Fsp3) is 0.857. The van der Waals surface area contributed by atoms with Gasteiger partial charge in [-0.2, -0.15) is 0 Å². The number of hydrogen-bond donors (Lipinski definition) is 0. The van der Waals surface area contributed by atoms with Crippen LogP contribution in [-0.2, 0) is 16.0 Å². The molecule has 0 aromatic carbocycles. The van der Waals surface area contributed by atoms with Crippen molar-refractivity contribution in [1.29, 1.82) is 0 Å². The van der Waals surface area contributed by atoms with Gasteiger partial charge < -0.3 is 9.39 Å². The first-order valence-electron chi connectivity index (χ1n) is 3.69. The van der Waals surface area contributed by atoms with Gasteiger partial charge in [0.1, 0.15) is 11.5 Å². The Morgan fingerprint density at radius 3 is 3.18 bits per heavy atom. The van der Waals surface area contributed by atoms with Crippen molar-refractivity contribution in [2.75, 3.05) is 11.5 Å². The van der Waals surface area contributed by atoms with Crippen LogP contribution in [0.25, 0.3) is 0 Å². The molecule has 0 aromatic heterocycles. The van der Waals surface area contributed by atoms with E-state index in [4.69, 9.17) is 4.84 Å². The lowest BCUT2D eigenvalue weighted by Gasteiger charge is -2.16. The van der Waals surface area contributed by atoms with E-state index in [0.29, 0.717) is 11.7 Å². The average Bonchev–Trinajstić information content (AvgIpc) is 2.32. The second kappa shape index (κ2) is 2.14. The molecule has 2 heterocycles. The maximum atomic E-state index is 11.2. The van der Waals surface area contributed by atoms with Gasteiger partial charge in [0.05, 0.1) is 11.6 Å². The number of rotatable bonds is 0. The molecule has 1 saturated heterocycles. The molecule has 3 atom stereocenters. The van der Waals surface area contributed by atoms with E-state index < -0.39 is 11.2 Å². The molecule has 62 valence electrons. The molecule has 0 aliphatic carbocycles. The second-order valence-electron chi connectivity index (χ2n) is 3.44. The molecule has 0 radical (unpaired) electrons. The van der Waals surface area contributed by atoms with Gasteiger partial charge in [0.2, 0.25) is 0 Å². The molecule has 0 N–H and O–H groups in total. The van der Waals surface area contributed by atoms with Gasteiger partial charge in [-0.3, -0.25) is 0 Å². The Morgan fingerprint density at radius 1 is 1.82 bits per heavy atom. The summed E-state index contributed by atoms with van der Waals surface area (Å²) in [7, 11) is 0. The molecule has 11 heavy (non-hydrogen) atoms. The first-order chi connectivity index (χ1) is 5.12. The van der Waals surface area contributed by atoms with Crippen LogP contribution in [-0.4, -0.2) is 27.4 Å². The molecule has 2 aliphatic rings. The Morgan fingerprint density at radius 2 is 2.55 bits per heavy atom. The predicted octanol–water partition coefficient (Wildman–Crippen LogP) is 0.530. The second-order valence-corrected chi connectivity index (χ2v) is 4.94. The Kier molecular flexibility index (Phi) is 1.44. The van der Waals surface area contributed by atoms with Gasteiger partial charge in [0.15, 0.2) is 5.60 Å². The molecule has 1 fully saturated rings. The molecule has 2 unspecified atom stereocenters. The summed E-state index contributed by atoms with van der Waals surface area (Å²) in [6, 6.07) is 0. The topological polar surface area (TPSA) is 44.6 Å². The largest absolute Gasteiger partial charge is 0.616 e. The van der Waals surface area contributed by atoms with Crippen LogP contribution < -0.4 is 0 Å². The Labute approximate surface area is 69.0 Å². The monoisotopic (exact) mass is 173 g/mol. The zero-order valence-electron chi connectivity index (χ0n) is 6.66. The number of nitrogens with zero attached hydrogens (tertiary/aromatic N) is 1. The van der Waals surface area contributed by atoms with E-state index in [-0.39, 0.29) is 5.60 Å². The third kappa shape index (κ3) is 0.964. The summed E-state index contributed by atoms with van der Waals surface area (Å²) in [5, 5.41) is 3.91. The van der Waals surface area contributed by atoms with Crippen LogP contribution in [0.4, 0.5) is 0 Å². The standard InChI is InChI=1S/C7H11NO2S/c1-5-6-3-11(9)4-7(6,2)10-8-5/h6H,3-4H2,1-2H3/t6?,7-,11?/m1/s1. The summed E-state index contributed by atoms with van der Waals surface area (Å²) in [5.74, 6) is 1.66. The molecular formula is C7H11NO2S. The molecule has 2 aliphatic heterocycles. The fourth-order valence-corrected chi connectivity index (χ4v) is 3.71. The van der Waals surface area contributed by atoms with Gasteiger partial charge in [-0.1, -0.05) is 5.16 Å². The molecule has 0 aromatic rings. The molecule has 4 heteroatoms. The van der Waals surface area contributed by atoms with Gasteiger partial charge in [-0.25, -0.2) is 0 Å². The van der Waals surface area contributed by atoms with E-state index in [0.717, 1.165) is 11.5 Å². The van der Waals surface area contributed by atoms with Crippen molar-refractivity contribution >= 4 is 16.9 Å². The smallest absolute Gasteiger partial charge is 0.191 e. The third-order valence-corrected chi connectivity index (χ3v) is 4.04. The first kappa shape index (κ1) is 7.43. The maximum absolute atomic E-state index is 11.2. The lowest BCUT2D eigenvalue weighted by atomic mass is 9.90. The molecule has 0 bridgehead atoms. The van der Waals surface area contributed by atoms with Gasteiger partial charge in [-0.15, -0.1) is 0 Å². The highest BCUT2D eigenvalue weighted by Gasteiger charge is 2.54. The summed E-state index contributed by atoms with van der Waals surface area (Å²) in [6.45, 7) is 3.93.